The lowest BCUT2D eigenvalue weighted by atomic mass is 9.79. The highest BCUT2D eigenvalue weighted by Gasteiger charge is 2.49. The quantitative estimate of drug-likeness (QED) is 0.141. The lowest BCUT2D eigenvalue weighted by molar-refractivity contribution is 0.360. The molecule has 0 radical (unpaired) electrons. The van der Waals surface area contributed by atoms with E-state index in [1.165, 1.54) is 94.8 Å². The third-order valence-electron chi connectivity index (χ3n) is 6.58. The van der Waals surface area contributed by atoms with Crippen molar-refractivity contribution in [3.05, 3.63) is 12.2 Å². The van der Waals surface area contributed by atoms with Crippen LogP contribution in [-0.4, -0.2) is 15.7 Å². The first-order valence-electron chi connectivity index (χ1n) is 11.1. The summed E-state index contributed by atoms with van der Waals surface area (Å²) in [5, 5.41) is 0.390. The number of rotatable bonds is 12. The summed E-state index contributed by atoms with van der Waals surface area (Å²) in [6.07, 6.45) is 18.6. The molecule has 0 amide bonds. The van der Waals surface area contributed by atoms with Gasteiger partial charge in [0.15, 0.2) is 0 Å². The lowest BCUT2D eigenvalue weighted by Gasteiger charge is -2.42. The maximum Gasteiger partial charge on any atom is 0.0291 e. The van der Waals surface area contributed by atoms with Crippen LogP contribution in [0.5, 0.6) is 0 Å². The average Bonchev–Trinajstić information content (AvgIpc) is 2.85. The molecule has 4 heteroatoms. The maximum absolute atomic E-state index is 6.06. The minimum Gasteiger partial charge on any atom is -0.215 e. The zero-order valence-electron chi connectivity index (χ0n) is 17.5. The predicted molar refractivity (Wildman–Crippen MR) is 133 cm³/mol. The van der Waals surface area contributed by atoms with E-state index in [9.17, 15) is 0 Å². The zero-order chi connectivity index (χ0) is 19.0. The molecule has 1 aliphatic heterocycles. The molecule has 0 aromatic carbocycles. The van der Waals surface area contributed by atoms with Gasteiger partial charge in [0.2, 0.25) is 0 Å². The molecule has 0 N–H and O–H groups in total. The van der Waals surface area contributed by atoms with E-state index in [4.69, 9.17) is 11.8 Å². The van der Waals surface area contributed by atoms with Crippen LogP contribution in [0.1, 0.15) is 104 Å². The third-order valence-corrected chi connectivity index (χ3v) is 21.4. The Labute approximate surface area is 176 Å². The van der Waals surface area contributed by atoms with Gasteiger partial charge in [0, 0.05) is 15.1 Å². The minimum absolute atomic E-state index is 0.140. The number of hydrogen-bond acceptors (Lipinski definition) is 2. The Morgan fingerprint density at radius 3 is 2.27 bits per heavy atom. The molecule has 1 heterocycles. The lowest BCUT2D eigenvalue weighted by Crippen LogP contribution is -2.38. The number of allylic oxidation sites excluding steroid dienone is 1. The minimum atomic E-state index is -0.557. The molecule has 1 saturated carbocycles. The molecule has 154 valence electrons. The van der Waals surface area contributed by atoms with E-state index in [2.05, 4.69) is 38.7 Å². The largest absolute Gasteiger partial charge is 0.215 e. The van der Waals surface area contributed by atoms with Crippen molar-refractivity contribution in [2.75, 3.05) is 5.75 Å². The van der Waals surface area contributed by atoms with Gasteiger partial charge in [-0.1, -0.05) is 88.7 Å². The van der Waals surface area contributed by atoms with Crippen LogP contribution in [0.2, 0.25) is 0 Å². The zero-order valence-corrected chi connectivity index (χ0v) is 21.1. The summed E-state index contributed by atoms with van der Waals surface area (Å²) in [5.74, 6) is 2.27. The van der Waals surface area contributed by atoms with Crippen molar-refractivity contribution in [2.45, 2.75) is 114 Å². The molecule has 0 nitrogen and oxygen atoms in total. The third kappa shape index (κ3) is 6.85. The number of fused-ring (bicyclic) bond motifs is 1. The molecule has 2 unspecified atom stereocenters. The monoisotopic (exact) mass is 434 g/mol. The summed E-state index contributed by atoms with van der Waals surface area (Å²) in [4.78, 5) is 0. The molecule has 0 aromatic heterocycles. The molecule has 1 saturated heterocycles. The van der Waals surface area contributed by atoms with Crippen molar-refractivity contribution in [1.82, 2.24) is 0 Å². The summed E-state index contributed by atoms with van der Waals surface area (Å²) in [6.45, 7) is 11.4. The van der Waals surface area contributed by atoms with Gasteiger partial charge < -0.3 is 0 Å². The van der Waals surface area contributed by atoms with Crippen molar-refractivity contribution in [3.8, 4) is 0 Å². The highest BCUT2D eigenvalue weighted by molar-refractivity contribution is 9.00. The summed E-state index contributed by atoms with van der Waals surface area (Å²) < 4.78 is 0.534. The molecule has 1 aliphatic carbocycles. The normalized spacial score (nSPS) is 35.3. The second kappa shape index (κ2) is 11.9. The van der Waals surface area contributed by atoms with Gasteiger partial charge in [-0.3, -0.25) is 0 Å². The predicted octanol–water partition coefficient (Wildman–Crippen LogP) is 8.66. The first-order chi connectivity index (χ1) is 12.5. The second-order valence-corrected chi connectivity index (χ2v) is 21.3. The van der Waals surface area contributed by atoms with Gasteiger partial charge in [-0.2, -0.15) is 0 Å². The van der Waals surface area contributed by atoms with Gasteiger partial charge >= 0.3 is 0 Å². The Morgan fingerprint density at radius 2 is 1.69 bits per heavy atom. The Balaban J connectivity index is 1.65. The number of thiol groups is 1. The van der Waals surface area contributed by atoms with E-state index in [0.717, 1.165) is 11.2 Å². The van der Waals surface area contributed by atoms with Gasteiger partial charge in [0.25, 0.3) is 0 Å². The van der Waals surface area contributed by atoms with Crippen LogP contribution in [0, 0.1) is 5.92 Å². The number of hydrogen-bond donors (Lipinski definition) is 1. The van der Waals surface area contributed by atoms with E-state index in [-0.39, 0.29) is 10.5 Å². The van der Waals surface area contributed by atoms with Crippen LogP contribution in [0.4, 0.5) is 0 Å². The summed E-state index contributed by atoms with van der Waals surface area (Å²) in [7, 11) is 0.140. The van der Waals surface area contributed by atoms with E-state index < -0.39 is 5.10 Å². The standard InChI is InChI=1S/C22H43PS3/c1-5-6-7-8-9-10-11-12-13-14-17-26-21-18-20(19(2)3)15-16-22(21,4)25-23(26)24/h20-21,23,26H,2,5-18H2,1,3-4H3/t20-,21+,22+/m0/s1. The molecule has 2 aliphatic rings. The fourth-order valence-electron chi connectivity index (χ4n) is 4.69. The van der Waals surface area contributed by atoms with E-state index in [1.54, 1.807) is 0 Å². The summed E-state index contributed by atoms with van der Waals surface area (Å²) in [6, 6.07) is 0. The Morgan fingerprint density at radius 1 is 1.12 bits per heavy atom. The molecular formula is C22H43PS3. The van der Waals surface area contributed by atoms with Crippen LogP contribution in [0.15, 0.2) is 12.2 Å². The van der Waals surface area contributed by atoms with E-state index in [1.807, 2.05) is 0 Å². The van der Waals surface area contributed by atoms with Crippen LogP contribution >= 0.6 is 27.0 Å². The molecule has 0 aromatic rings. The molecule has 2 rings (SSSR count). The molecular weight excluding hydrogens is 391 g/mol. The molecule has 2 fully saturated rings. The Bertz CT molecular complexity index is 464. The van der Waals surface area contributed by atoms with E-state index >= 15 is 0 Å². The van der Waals surface area contributed by atoms with Crippen LogP contribution < -0.4 is 0 Å². The highest BCUT2D eigenvalue weighted by Crippen LogP contribution is 2.79. The molecule has 0 bridgehead atoms. The average molecular weight is 435 g/mol. The first-order valence-corrected chi connectivity index (χ1v) is 17.7. The Hall–Kier alpha value is 1.09. The molecule has 26 heavy (non-hydrogen) atoms. The van der Waals surface area contributed by atoms with Crippen molar-refractivity contribution in [2.24, 2.45) is 5.92 Å². The van der Waals surface area contributed by atoms with Crippen molar-refractivity contribution >= 4 is 38.8 Å². The first kappa shape index (κ1) is 23.4. The fraction of sp³-hybridized carbons (Fsp3) is 0.909. The van der Waals surface area contributed by atoms with Crippen molar-refractivity contribution in [1.29, 1.82) is 0 Å². The SMILES string of the molecule is C=C(C)[C@H]1CC[C@@]2(C)S[PH](=S)[SH](CCCCCCCCCCCC)[C@@H]2C1. The van der Waals surface area contributed by atoms with Crippen LogP contribution in [0.3, 0.4) is 0 Å². The molecule has 0 spiro atoms. The van der Waals surface area contributed by atoms with Crippen molar-refractivity contribution in [3.63, 3.8) is 0 Å². The summed E-state index contributed by atoms with van der Waals surface area (Å²) >= 11 is 8.33. The van der Waals surface area contributed by atoms with Gasteiger partial charge in [-0.25, -0.2) is 10.5 Å². The van der Waals surface area contributed by atoms with E-state index in [0.29, 0.717) is 4.75 Å². The molecule has 5 atom stereocenters. The van der Waals surface area contributed by atoms with Gasteiger partial charge in [0.05, 0.1) is 0 Å². The highest BCUT2D eigenvalue weighted by atomic mass is 33.2. The van der Waals surface area contributed by atoms with Gasteiger partial charge in [0.1, 0.15) is 0 Å². The second-order valence-electron chi connectivity index (χ2n) is 8.89. The van der Waals surface area contributed by atoms with Crippen molar-refractivity contribution < 1.29 is 0 Å². The van der Waals surface area contributed by atoms with Gasteiger partial charge in [-0.05, 0) is 51.2 Å². The maximum atomic E-state index is 6.06. The topological polar surface area (TPSA) is 0 Å². The smallest absolute Gasteiger partial charge is 0.0291 e. The summed E-state index contributed by atoms with van der Waals surface area (Å²) in [5.41, 5.74) is 1.43. The van der Waals surface area contributed by atoms with Crippen LogP contribution in [0.25, 0.3) is 0 Å². The van der Waals surface area contributed by atoms with Gasteiger partial charge in [-0.15, -0.1) is 11.4 Å². The Kier molecular flexibility index (Phi) is 10.7. The fourth-order valence-corrected chi connectivity index (χ4v) is 23.2. The van der Waals surface area contributed by atoms with Crippen LogP contribution in [-0.2, 0) is 11.8 Å². The number of unbranched alkanes of at least 4 members (excludes halogenated alkanes) is 9.